The second-order valence-electron chi connectivity index (χ2n) is 4.95. The predicted molar refractivity (Wildman–Crippen MR) is 73.2 cm³/mol. The van der Waals surface area contributed by atoms with Gasteiger partial charge in [-0.3, -0.25) is 0 Å². The molecule has 1 heterocycles. The molecule has 2 rings (SSSR count). The molecule has 1 aromatic carbocycles. The molecule has 0 aromatic heterocycles. The summed E-state index contributed by atoms with van der Waals surface area (Å²) in [5, 5.41) is 12.5. The van der Waals surface area contributed by atoms with Crippen molar-refractivity contribution in [3.8, 4) is 0 Å². The van der Waals surface area contributed by atoms with Gasteiger partial charge in [-0.15, -0.1) is 0 Å². The summed E-state index contributed by atoms with van der Waals surface area (Å²) in [4.78, 5) is 13.2. The topological polar surface area (TPSA) is 61.8 Å². The average molecular weight is 282 g/mol. The van der Waals surface area contributed by atoms with Gasteiger partial charge in [0.15, 0.2) is 0 Å². The summed E-state index contributed by atoms with van der Waals surface area (Å²) in [6.45, 7) is 2.96. The molecule has 1 amide bonds. The third-order valence-corrected chi connectivity index (χ3v) is 3.48. The normalized spacial score (nSPS) is 19.8. The lowest BCUT2D eigenvalue weighted by Crippen LogP contribution is -2.37. The number of nitrogens with zero attached hydrogens (tertiary/aromatic N) is 1. The van der Waals surface area contributed by atoms with E-state index in [1.807, 2.05) is 4.90 Å². The Hall–Kier alpha value is -1.82. The average Bonchev–Trinajstić information content (AvgIpc) is 2.86. The summed E-state index contributed by atoms with van der Waals surface area (Å²) in [5.74, 6) is -0.368. The number of methoxy groups -OCH3 is 1. The number of aliphatic hydroxyl groups excluding tert-OH is 1. The van der Waals surface area contributed by atoms with E-state index < -0.39 is 12.2 Å². The first-order chi connectivity index (χ1) is 9.51. The van der Waals surface area contributed by atoms with Crippen molar-refractivity contribution in [3.63, 3.8) is 0 Å². The minimum atomic E-state index is -0.742. The third-order valence-electron chi connectivity index (χ3n) is 3.48. The van der Waals surface area contributed by atoms with Crippen molar-refractivity contribution >= 4 is 11.8 Å². The van der Waals surface area contributed by atoms with E-state index in [1.165, 1.54) is 19.2 Å². The number of anilines is 1. The van der Waals surface area contributed by atoms with Gasteiger partial charge >= 0.3 is 6.09 Å². The number of hydrogen-bond acceptors (Lipinski definition) is 4. The highest BCUT2D eigenvalue weighted by Crippen LogP contribution is 2.29. The number of halogens is 1. The number of rotatable bonds is 3. The van der Waals surface area contributed by atoms with Crippen molar-refractivity contribution < 1.29 is 19.0 Å². The number of benzene rings is 1. The standard InChI is InChI=1S/C14H19FN2O3/c1-9(18)12-7-10(15)3-4-13(12)17-6-5-11(8-17)16-14(19)20-2/h3-4,7,9,11,18H,5-6,8H2,1-2H3,(H,16,19)/t9-,11?/m1/s1. The maximum atomic E-state index is 13.3. The van der Waals surface area contributed by atoms with E-state index >= 15 is 0 Å². The number of aliphatic hydroxyl groups is 1. The molecular weight excluding hydrogens is 263 g/mol. The second kappa shape index (κ2) is 6.09. The number of nitrogens with one attached hydrogen (secondary N) is 1. The first-order valence-electron chi connectivity index (χ1n) is 6.58. The van der Waals surface area contributed by atoms with Gasteiger partial charge in [0.05, 0.1) is 19.3 Å². The summed E-state index contributed by atoms with van der Waals surface area (Å²) in [7, 11) is 1.33. The van der Waals surface area contributed by atoms with E-state index in [-0.39, 0.29) is 11.9 Å². The van der Waals surface area contributed by atoms with Crippen LogP contribution in [-0.4, -0.2) is 37.4 Å². The zero-order valence-electron chi connectivity index (χ0n) is 11.6. The van der Waals surface area contributed by atoms with Crippen LogP contribution in [0.4, 0.5) is 14.9 Å². The van der Waals surface area contributed by atoms with Crippen molar-refractivity contribution in [2.45, 2.75) is 25.5 Å². The van der Waals surface area contributed by atoms with Crippen molar-refractivity contribution in [1.82, 2.24) is 5.32 Å². The SMILES string of the molecule is COC(=O)NC1CCN(c2ccc(F)cc2[C@@H](C)O)C1. The fourth-order valence-electron chi connectivity index (χ4n) is 2.47. The molecular formula is C14H19FN2O3. The summed E-state index contributed by atoms with van der Waals surface area (Å²) >= 11 is 0. The number of amides is 1. The van der Waals surface area contributed by atoms with Crippen molar-refractivity contribution in [3.05, 3.63) is 29.6 Å². The molecule has 1 unspecified atom stereocenters. The maximum Gasteiger partial charge on any atom is 0.407 e. The highest BCUT2D eigenvalue weighted by Gasteiger charge is 2.26. The lowest BCUT2D eigenvalue weighted by molar-refractivity contribution is 0.167. The van der Waals surface area contributed by atoms with Gasteiger partial charge in [0.2, 0.25) is 0 Å². The molecule has 5 nitrogen and oxygen atoms in total. The zero-order valence-corrected chi connectivity index (χ0v) is 11.6. The molecule has 2 N–H and O–H groups in total. The third kappa shape index (κ3) is 3.19. The van der Waals surface area contributed by atoms with Crippen molar-refractivity contribution in [1.29, 1.82) is 0 Å². The lowest BCUT2D eigenvalue weighted by atomic mass is 10.1. The van der Waals surface area contributed by atoms with Crippen molar-refractivity contribution in [2.75, 3.05) is 25.1 Å². The monoisotopic (exact) mass is 282 g/mol. The molecule has 20 heavy (non-hydrogen) atoms. The zero-order chi connectivity index (χ0) is 14.7. The molecule has 0 radical (unpaired) electrons. The fourth-order valence-corrected chi connectivity index (χ4v) is 2.47. The smallest absolute Gasteiger partial charge is 0.407 e. The van der Waals surface area contributed by atoms with Crippen LogP contribution in [0.1, 0.15) is 25.0 Å². The molecule has 0 saturated carbocycles. The second-order valence-corrected chi connectivity index (χ2v) is 4.95. The van der Waals surface area contributed by atoms with Crippen LogP contribution < -0.4 is 10.2 Å². The van der Waals surface area contributed by atoms with Gasteiger partial charge in [0.1, 0.15) is 5.82 Å². The molecule has 110 valence electrons. The highest BCUT2D eigenvalue weighted by atomic mass is 19.1. The molecule has 1 fully saturated rings. The van der Waals surface area contributed by atoms with Crippen LogP contribution in [0.15, 0.2) is 18.2 Å². The number of alkyl carbamates (subject to hydrolysis) is 1. The first-order valence-corrected chi connectivity index (χ1v) is 6.58. The maximum absolute atomic E-state index is 13.3. The Morgan fingerprint density at radius 2 is 2.35 bits per heavy atom. The van der Waals surface area contributed by atoms with E-state index in [1.54, 1.807) is 13.0 Å². The van der Waals surface area contributed by atoms with E-state index in [4.69, 9.17) is 0 Å². The van der Waals surface area contributed by atoms with Gasteiger partial charge in [-0.05, 0) is 31.5 Å². The Morgan fingerprint density at radius 3 is 3.00 bits per heavy atom. The van der Waals surface area contributed by atoms with Crippen LogP contribution in [-0.2, 0) is 4.74 Å². The van der Waals surface area contributed by atoms with Gasteiger partial charge in [0.25, 0.3) is 0 Å². The fraction of sp³-hybridized carbons (Fsp3) is 0.500. The van der Waals surface area contributed by atoms with E-state index in [2.05, 4.69) is 10.1 Å². The molecule has 1 aromatic rings. The molecule has 0 aliphatic carbocycles. The first kappa shape index (κ1) is 14.6. The molecule has 1 aliphatic rings. The Morgan fingerprint density at radius 1 is 1.60 bits per heavy atom. The Kier molecular flexibility index (Phi) is 4.44. The molecule has 6 heteroatoms. The summed E-state index contributed by atoms with van der Waals surface area (Å²) in [5.41, 5.74) is 1.36. The van der Waals surface area contributed by atoms with Crippen LogP contribution in [0.3, 0.4) is 0 Å². The Bertz CT molecular complexity index is 493. The van der Waals surface area contributed by atoms with Gasteiger partial charge in [-0.2, -0.15) is 0 Å². The minimum absolute atomic E-state index is 0.00523. The molecule has 2 atom stereocenters. The molecule has 1 aliphatic heterocycles. The van der Waals surface area contributed by atoms with Gasteiger partial charge in [-0.1, -0.05) is 0 Å². The number of ether oxygens (including phenoxy) is 1. The summed E-state index contributed by atoms with van der Waals surface area (Å²) in [6.07, 6.45) is -0.411. The number of carbonyl (C=O) groups excluding carboxylic acids is 1. The highest BCUT2D eigenvalue weighted by molar-refractivity contribution is 5.67. The van der Waals surface area contributed by atoms with Crippen LogP contribution in [0.2, 0.25) is 0 Å². The Balaban J connectivity index is 2.12. The minimum Gasteiger partial charge on any atom is -0.453 e. The number of hydrogen-bond donors (Lipinski definition) is 2. The van der Waals surface area contributed by atoms with E-state index in [9.17, 15) is 14.3 Å². The van der Waals surface area contributed by atoms with Crippen LogP contribution in [0.5, 0.6) is 0 Å². The Labute approximate surface area is 117 Å². The van der Waals surface area contributed by atoms with Gasteiger partial charge in [-0.25, -0.2) is 9.18 Å². The quantitative estimate of drug-likeness (QED) is 0.887. The molecule has 1 saturated heterocycles. The lowest BCUT2D eigenvalue weighted by Gasteiger charge is -2.23. The van der Waals surface area contributed by atoms with Crippen molar-refractivity contribution in [2.24, 2.45) is 0 Å². The van der Waals surface area contributed by atoms with Crippen LogP contribution >= 0.6 is 0 Å². The van der Waals surface area contributed by atoms with Gasteiger partial charge in [0, 0.05) is 24.3 Å². The largest absolute Gasteiger partial charge is 0.453 e. The molecule has 0 bridgehead atoms. The van der Waals surface area contributed by atoms with E-state index in [0.717, 1.165) is 18.7 Å². The van der Waals surface area contributed by atoms with Crippen LogP contribution in [0.25, 0.3) is 0 Å². The summed E-state index contributed by atoms with van der Waals surface area (Å²) in [6, 6.07) is 4.38. The predicted octanol–water partition coefficient (Wildman–Crippen LogP) is 1.81. The van der Waals surface area contributed by atoms with Crippen LogP contribution in [0, 0.1) is 5.82 Å². The van der Waals surface area contributed by atoms with E-state index in [0.29, 0.717) is 12.1 Å². The summed E-state index contributed by atoms with van der Waals surface area (Å²) < 4.78 is 17.9. The molecule has 0 spiro atoms. The van der Waals surface area contributed by atoms with Gasteiger partial charge < -0.3 is 20.1 Å². The number of carbonyl (C=O) groups is 1.